The first-order chi connectivity index (χ1) is 7.13. The van der Waals surface area contributed by atoms with Gasteiger partial charge in [0.05, 0.1) is 13.2 Å². The SMILES string of the molecule is CCCN(CC(=O)OCC)CC(C)=CCl. The van der Waals surface area contributed by atoms with Crippen molar-refractivity contribution in [3.63, 3.8) is 0 Å². The highest BCUT2D eigenvalue weighted by Gasteiger charge is 2.10. The monoisotopic (exact) mass is 233 g/mol. The lowest BCUT2D eigenvalue weighted by atomic mass is 10.3. The van der Waals surface area contributed by atoms with Crippen molar-refractivity contribution in [2.45, 2.75) is 27.2 Å². The number of esters is 1. The van der Waals surface area contributed by atoms with Crippen LogP contribution < -0.4 is 0 Å². The molecule has 0 bridgehead atoms. The Labute approximate surface area is 97.0 Å². The first-order valence-corrected chi connectivity index (χ1v) is 5.71. The van der Waals surface area contributed by atoms with Crippen molar-refractivity contribution in [1.82, 2.24) is 4.90 Å². The van der Waals surface area contributed by atoms with E-state index in [-0.39, 0.29) is 5.97 Å². The molecule has 0 rings (SSSR count). The van der Waals surface area contributed by atoms with Crippen LogP contribution in [0.15, 0.2) is 11.1 Å². The lowest BCUT2D eigenvalue weighted by molar-refractivity contribution is -0.144. The van der Waals surface area contributed by atoms with Gasteiger partial charge in [0.1, 0.15) is 0 Å². The molecule has 0 aliphatic carbocycles. The lowest BCUT2D eigenvalue weighted by Crippen LogP contribution is -2.33. The van der Waals surface area contributed by atoms with Gasteiger partial charge in [-0.2, -0.15) is 0 Å². The molecule has 0 aromatic heterocycles. The lowest BCUT2D eigenvalue weighted by Gasteiger charge is -2.20. The number of nitrogens with zero attached hydrogens (tertiary/aromatic N) is 1. The quantitative estimate of drug-likeness (QED) is 0.633. The van der Waals surface area contributed by atoms with E-state index in [2.05, 4.69) is 6.92 Å². The van der Waals surface area contributed by atoms with Crippen molar-refractivity contribution in [3.8, 4) is 0 Å². The third kappa shape index (κ3) is 7.40. The zero-order valence-corrected chi connectivity index (χ0v) is 10.5. The summed E-state index contributed by atoms with van der Waals surface area (Å²) in [5, 5.41) is 0. The van der Waals surface area contributed by atoms with E-state index in [0.29, 0.717) is 13.2 Å². The summed E-state index contributed by atoms with van der Waals surface area (Å²) in [5.41, 5.74) is 2.60. The molecule has 0 amide bonds. The van der Waals surface area contributed by atoms with Crippen molar-refractivity contribution in [2.24, 2.45) is 0 Å². The Hall–Kier alpha value is -0.540. The molecule has 88 valence electrons. The van der Waals surface area contributed by atoms with E-state index in [1.165, 1.54) is 0 Å². The van der Waals surface area contributed by atoms with Crippen LogP contribution >= 0.6 is 11.6 Å². The molecule has 0 fully saturated rings. The fraction of sp³-hybridized carbons (Fsp3) is 0.727. The minimum Gasteiger partial charge on any atom is -0.465 e. The van der Waals surface area contributed by atoms with Gasteiger partial charge in [-0.3, -0.25) is 9.69 Å². The van der Waals surface area contributed by atoms with Crippen molar-refractivity contribution >= 4 is 17.6 Å². The molecule has 0 saturated heterocycles. The first-order valence-electron chi connectivity index (χ1n) is 5.27. The van der Waals surface area contributed by atoms with E-state index in [1.54, 1.807) is 5.54 Å². The third-order valence-corrected chi connectivity index (χ3v) is 2.23. The maximum atomic E-state index is 11.3. The molecule has 0 N–H and O–H groups in total. The van der Waals surface area contributed by atoms with Gasteiger partial charge in [-0.1, -0.05) is 18.5 Å². The van der Waals surface area contributed by atoms with E-state index < -0.39 is 0 Å². The van der Waals surface area contributed by atoms with Gasteiger partial charge in [0.15, 0.2) is 0 Å². The minimum absolute atomic E-state index is 0.173. The van der Waals surface area contributed by atoms with Crippen molar-refractivity contribution in [1.29, 1.82) is 0 Å². The summed E-state index contributed by atoms with van der Waals surface area (Å²) >= 11 is 5.59. The van der Waals surface area contributed by atoms with Crippen LogP contribution in [0, 0.1) is 0 Å². The zero-order chi connectivity index (χ0) is 11.7. The van der Waals surface area contributed by atoms with E-state index in [1.807, 2.05) is 18.7 Å². The second kappa shape index (κ2) is 8.74. The Morgan fingerprint density at radius 3 is 2.53 bits per heavy atom. The highest BCUT2D eigenvalue weighted by molar-refractivity contribution is 6.25. The molecule has 0 spiro atoms. The second-order valence-corrected chi connectivity index (χ2v) is 3.69. The summed E-state index contributed by atoms with van der Waals surface area (Å²) in [6.45, 7) is 8.20. The molecule has 3 nitrogen and oxygen atoms in total. The summed E-state index contributed by atoms with van der Waals surface area (Å²) < 4.78 is 4.90. The summed E-state index contributed by atoms with van der Waals surface area (Å²) in [4.78, 5) is 13.3. The van der Waals surface area contributed by atoms with Crippen molar-refractivity contribution in [2.75, 3.05) is 26.2 Å². The minimum atomic E-state index is -0.173. The second-order valence-electron chi connectivity index (χ2n) is 3.47. The fourth-order valence-corrected chi connectivity index (χ4v) is 1.38. The molecule has 0 heterocycles. The fourth-order valence-electron chi connectivity index (χ4n) is 1.31. The standard InChI is InChI=1S/C11H20ClNO2/c1-4-6-13(8-10(3)7-12)9-11(14)15-5-2/h7H,4-6,8-9H2,1-3H3. The van der Waals surface area contributed by atoms with E-state index in [0.717, 1.165) is 25.1 Å². The number of hydrogen-bond acceptors (Lipinski definition) is 3. The highest BCUT2D eigenvalue weighted by Crippen LogP contribution is 2.01. The van der Waals surface area contributed by atoms with Gasteiger partial charge < -0.3 is 4.74 Å². The van der Waals surface area contributed by atoms with Gasteiger partial charge in [-0.05, 0) is 32.4 Å². The van der Waals surface area contributed by atoms with Crippen LogP contribution in [-0.2, 0) is 9.53 Å². The number of hydrogen-bond donors (Lipinski definition) is 0. The van der Waals surface area contributed by atoms with Gasteiger partial charge >= 0.3 is 5.97 Å². The van der Waals surface area contributed by atoms with Gasteiger partial charge in [0.2, 0.25) is 0 Å². The maximum absolute atomic E-state index is 11.3. The third-order valence-electron chi connectivity index (χ3n) is 1.86. The molecule has 0 radical (unpaired) electrons. The van der Waals surface area contributed by atoms with Crippen LogP contribution in [0.5, 0.6) is 0 Å². The molecule has 4 heteroatoms. The average molecular weight is 234 g/mol. The van der Waals surface area contributed by atoms with Crippen molar-refractivity contribution < 1.29 is 9.53 Å². The van der Waals surface area contributed by atoms with Crippen LogP contribution in [0.2, 0.25) is 0 Å². The molecule has 0 aromatic carbocycles. The number of carbonyl (C=O) groups is 1. The number of ether oxygens (including phenoxy) is 1. The Morgan fingerprint density at radius 2 is 2.07 bits per heavy atom. The molecule has 0 aliphatic heterocycles. The Bertz CT molecular complexity index is 217. The predicted molar refractivity (Wildman–Crippen MR) is 63.0 cm³/mol. The summed E-state index contributed by atoms with van der Waals surface area (Å²) in [6, 6.07) is 0. The predicted octanol–water partition coefficient (Wildman–Crippen LogP) is 2.40. The molecule has 0 saturated carbocycles. The summed E-state index contributed by atoms with van der Waals surface area (Å²) in [6.07, 6.45) is 1.01. The summed E-state index contributed by atoms with van der Waals surface area (Å²) in [5.74, 6) is -0.173. The molecular weight excluding hydrogens is 214 g/mol. The zero-order valence-electron chi connectivity index (χ0n) is 9.75. The number of carbonyl (C=O) groups excluding carboxylic acids is 1. The van der Waals surface area contributed by atoms with Crippen LogP contribution in [0.25, 0.3) is 0 Å². The van der Waals surface area contributed by atoms with E-state index >= 15 is 0 Å². The number of halogens is 1. The largest absolute Gasteiger partial charge is 0.465 e. The van der Waals surface area contributed by atoms with Gasteiger partial charge in [0, 0.05) is 12.1 Å². The van der Waals surface area contributed by atoms with E-state index in [9.17, 15) is 4.79 Å². The molecule has 0 aromatic rings. The molecule has 0 unspecified atom stereocenters. The van der Waals surface area contributed by atoms with Crippen LogP contribution in [0.1, 0.15) is 27.2 Å². The number of rotatable bonds is 7. The van der Waals surface area contributed by atoms with E-state index in [4.69, 9.17) is 16.3 Å². The molecule has 0 atom stereocenters. The van der Waals surface area contributed by atoms with Crippen molar-refractivity contribution in [3.05, 3.63) is 11.1 Å². The van der Waals surface area contributed by atoms with Crippen LogP contribution in [0.4, 0.5) is 0 Å². The van der Waals surface area contributed by atoms with Crippen LogP contribution in [-0.4, -0.2) is 37.1 Å². The van der Waals surface area contributed by atoms with Crippen LogP contribution in [0.3, 0.4) is 0 Å². The maximum Gasteiger partial charge on any atom is 0.320 e. The Morgan fingerprint density at radius 1 is 1.40 bits per heavy atom. The Balaban J connectivity index is 4.08. The molecule has 0 aliphatic rings. The topological polar surface area (TPSA) is 29.5 Å². The van der Waals surface area contributed by atoms with Gasteiger partial charge in [-0.15, -0.1) is 0 Å². The highest BCUT2D eigenvalue weighted by atomic mass is 35.5. The molecular formula is C11H20ClNO2. The smallest absolute Gasteiger partial charge is 0.320 e. The van der Waals surface area contributed by atoms with Gasteiger partial charge in [-0.25, -0.2) is 0 Å². The average Bonchev–Trinajstić information content (AvgIpc) is 2.18. The summed E-state index contributed by atoms with van der Waals surface area (Å²) in [7, 11) is 0. The first kappa shape index (κ1) is 14.5. The Kier molecular flexibility index (Phi) is 8.43. The molecule has 15 heavy (non-hydrogen) atoms. The van der Waals surface area contributed by atoms with Gasteiger partial charge in [0.25, 0.3) is 0 Å². The normalized spacial score (nSPS) is 11.9.